The minimum Gasteiger partial charge on any atom is -0.490 e. The number of allylic oxidation sites excluding steroid dienone is 1. The molecule has 3 rings (SSSR count). The maximum absolute atomic E-state index is 12.2. The molecule has 0 spiro atoms. The van der Waals surface area contributed by atoms with Gasteiger partial charge in [-0.2, -0.15) is 5.10 Å². The number of nitrogens with zero attached hydrogens (tertiary/aromatic N) is 2. The highest BCUT2D eigenvalue weighted by molar-refractivity contribution is 6.05. The maximum atomic E-state index is 12.2. The molecule has 0 fully saturated rings. The van der Waals surface area contributed by atoms with Crippen LogP contribution in [-0.4, -0.2) is 28.8 Å². The molecule has 3 aromatic rings. The first-order valence-electron chi connectivity index (χ1n) is 9.92. The first-order valence-corrected chi connectivity index (χ1v) is 9.92. The largest absolute Gasteiger partial charge is 0.490 e. The Morgan fingerprint density at radius 1 is 1.00 bits per heavy atom. The molecule has 30 heavy (non-hydrogen) atoms. The van der Waals surface area contributed by atoms with Crippen molar-refractivity contribution < 1.29 is 19.0 Å². The van der Waals surface area contributed by atoms with Gasteiger partial charge in [-0.15, -0.1) is 0 Å². The summed E-state index contributed by atoms with van der Waals surface area (Å²) in [7, 11) is 1.78. The predicted molar refractivity (Wildman–Crippen MR) is 116 cm³/mol. The SMILES string of the molecule is CCOc1ccc(COc2cccc(/C=C/C(=O)c3ccn(C)n3)c2)cc1OCC. The number of hydrogen-bond donors (Lipinski definition) is 0. The van der Waals surface area contributed by atoms with Crippen LogP contribution in [0, 0.1) is 0 Å². The quantitative estimate of drug-likeness (QED) is 0.361. The normalized spacial score (nSPS) is 10.9. The predicted octanol–water partition coefficient (Wildman–Crippen LogP) is 4.69. The monoisotopic (exact) mass is 406 g/mol. The summed E-state index contributed by atoms with van der Waals surface area (Å²) >= 11 is 0. The van der Waals surface area contributed by atoms with Gasteiger partial charge in [0.25, 0.3) is 0 Å². The van der Waals surface area contributed by atoms with Crippen molar-refractivity contribution in [3.05, 3.63) is 77.6 Å². The van der Waals surface area contributed by atoms with E-state index in [2.05, 4.69) is 5.10 Å². The second-order valence-corrected chi connectivity index (χ2v) is 6.58. The van der Waals surface area contributed by atoms with Gasteiger partial charge in [0.15, 0.2) is 11.5 Å². The molecule has 0 bridgehead atoms. The third-order valence-corrected chi connectivity index (χ3v) is 4.26. The van der Waals surface area contributed by atoms with Crippen LogP contribution in [0.4, 0.5) is 0 Å². The van der Waals surface area contributed by atoms with Crippen molar-refractivity contribution in [2.75, 3.05) is 13.2 Å². The zero-order valence-corrected chi connectivity index (χ0v) is 17.5. The molecule has 1 heterocycles. The Balaban J connectivity index is 1.64. The van der Waals surface area contributed by atoms with Gasteiger partial charge >= 0.3 is 0 Å². The van der Waals surface area contributed by atoms with E-state index in [0.717, 1.165) is 16.9 Å². The second kappa shape index (κ2) is 10.3. The number of ether oxygens (including phenoxy) is 3. The van der Waals surface area contributed by atoms with E-state index >= 15 is 0 Å². The molecule has 0 saturated heterocycles. The van der Waals surface area contributed by atoms with Gasteiger partial charge in [0.2, 0.25) is 5.78 Å². The van der Waals surface area contributed by atoms with Crippen molar-refractivity contribution in [2.45, 2.75) is 20.5 Å². The Labute approximate surface area is 176 Å². The molecule has 0 aliphatic heterocycles. The van der Waals surface area contributed by atoms with Crippen LogP contribution in [0.1, 0.15) is 35.5 Å². The van der Waals surface area contributed by atoms with Crippen molar-refractivity contribution in [2.24, 2.45) is 7.05 Å². The van der Waals surface area contributed by atoms with Crippen LogP contribution in [0.5, 0.6) is 17.2 Å². The summed E-state index contributed by atoms with van der Waals surface area (Å²) in [6.45, 7) is 5.43. The third kappa shape index (κ3) is 5.73. The molecule has 156 valence electrons. The topological polar surface area (TPSA) is 62.6 Å². The zero-order chi connectivity index (χ0) is 21.3. The van der Waals surface area contributed by atoms with Crippen molar-refractivity contribution >= 4 is 11.9 Å². The Hall–Kier alpha value is -3.54. The van der Waals surface area contributed by atoms with Crippen LogP contribution in [0.15, 0.2) is 60.8 Å². The summed E-state index contributed by atoms with van der Waals surface area (Å²) in [6.07, 6.45) is 5.02. The summed E-state index contributed by atoms with van der Waals surface area (Å²) in [5.74, 6) is 2.02. The van der Waals surface area contributed by atoms with Gasteiger partial charge in [-0.1, -0.05) is 24.3 Å². The lowest BCUT2D eigenvalue weighted by Gasteiger charge is -2.13. The fourth-order valence-electron chi connectivity index (χ4n) is 2.86. The molecule has 2 aromatic carbocycles. The first kappa shape index (κ1) is 21.2. The fourth-order valence-corrected chi connectivity index (χ4v) is 2.86. The maximum Gasteiger partial charge on any atom is 0.206 e. The third-order valence-electron chi connectivity index (χ3n) is 4.26. The number of aryl methyl sites for hydroxylation is 1. The molecular weight excluding hydrogens is 380 g/mol. The van der Waals surface area contributed by atoms with Crippen LogP contribution in [0.2, 0.25) is 0 Å². The van der Waals surface area contributed by atoms with Crippen LogP contribution in [-0.2, 0) is 13.7 Å². The van der Waals surface area contributed by atoms with Crippen molar-refractivity contribution in [3.63, 3.8) is 0 Å². The van der Waals surface area contributed by atoms with Crippen molar-refractivity contribution in [1.29, 1.82) is 0 Å². The van der Waals surface area contributed by atoms with Gasteiger partial charge in [-0.25, -0.2) is 0 Å². The van der Waals surface area contributed by atoms with Crippen LogP contribution in [0.3, 0.4) is 0 Å². The molecule has 6 heteroatoms. The zero-order valence-electron chi connectivity index (χ0n) is 17.5. The summed E-state index contributed by atoms with van der Waals surface area (Å²) in [5.41, 5.74) is 2.27. The minimum atomic E-state index is -0.139. The highest BCUT2D eigenvalue weighted by Crippen LogP contribution is 2.29. The lowest BCUT2D eigenvalue weighted by atomic mass is 10.1. The number of rotatable bonds is 10. The van der Waals surface area contributed by atoms with Gasteiger partial charge in [-0.3, -0.25) is 9.48 Å². The smallest absolute Gasteiger partial charge is 0.206 e. The molecule has 0 saturated carbocycles. The molecule has 0 unspecified atom stereocenters. The average molecular weight is 406 g/mol. The molecule has 0 aliphatic carbocycles. The summed E-state index contributed by atoms with van der Waals surface area (Å²) in [5, 5.41) is 4.11. The highest BCUT2D eigenvalue weighted by Gasteiger charge is 2.07. The molecule has 1 aromatic heterocycles. The van der Waals surface area contributed by atoms with Gasteiger partial charge in [0.05, 0.1) is 13.2 Å². The molecule has 0 aliphatic rings. The molecular formula is C24H26N2O4. The fraction of sp³-hybridized carbons (Fsp3) is 0.250. The van der Waals surface area contributed by atoms with Crippen molar-refractivity contribution in [3.8, 4) is 17.2 Å². The molecule has 6 nitrogen and oxygen atoms in total. The van der Waals surface area contributed by atoms with Gasteiger partial charge in [-0.05, 0) is 61.4 Å². The first-order chi connectivity index (χ1) is 14.6. The Morgan fingerprint density at radius 3 is 2.53 bits per heavy atom. The number of benzene rings is 2. The minimum absolute atomic E-state index is 0.139. The molecule has 0 amide bonds. The van der Waals surface area contributed by atoms with E-state index in [9.17, 15) is 4.79 Å². The molecule has 0 atom stereocenters. The second-order valence-electron chi connectivity index (χ2n) is 6.58. The lowest BCUT2D eigenvalue weighted by molar-refractivity contribution is 0.104. The summed E-state index contributed by atoms with van der Waals surface area (Å²) in [4.78, 5) is 12.2. The molecule has 0 radical (unpaired) electrons. The Kier molecular flexibility index (Phi) is 7.27. The van der Waals surface area contributed by atoms with E-state index in [-0.39, 0.29) is 5.78 Å². The van der Waals surface area contributed by atoms with Crippen LogP contribution in [0.25, 0.3) is 6.08 Å². The lowest BCUT2D eigenvalue weighted by Crippen LogP contribution is -2.01. The van der Waals surface area contributed by atoms with E-state index < -0.39 is 0 Å². The number of carbonyl (C=O) groups excluding carboxylic acids is 1. The van der Waals surface area contributed by atoms with Gasteiger partial charge < -0.3 is 14.2 Å². The van der Waals surface area contributed by atoms with E-state index in [0.29, 0.717) is 37.0 Å². The summed E-state index contributed by atoms with van der Waals surface area (Å²) < 4.78 is 18.8. The van der Waals surface area contributed by atoms with Crippen LogP contribution >= 0.6 is 0 Å². The molecule has 0 N–H and O–H groups in total. The average Bonchev–Trinajstić information content (AvgIpc) is 3.19. The van der Waals surface area contributed by atoms with E-state index in [4.69, 9.17) is 14.2 Å². The standard InChI is InChI=1S/C24H26N2O4/c1-4-28-23-12-10-19(16-24(23)29-5-2)17-30-20-8-6-7-18(15-20)9-11-22(27)21-13-14-26(3)25-21/h6-16H,4-5,17H2,1-3H3/b11-9+. The highest BCUT2D eigenvalue weighted by atomic mass is 16.5. The van der Waals surface area contributed by atoms with E-state index in [1.165, 1.54) is 6.08 Å². The van der Waals surface area contributed by atoms with Gasteiger partial charge in [0.1, 0.15) is 18.1 Å². The number of carbonyl (C=O) groups is 1. The number of hydrogen-bond acceptors (Lipinski definition) is 5. The van der Waals surface area contributed by atoms with E-state index in [1.807, 2.05) is 56.3 Å². The Morgan fingerprint density at radius 2 is 1.80 bits per heavy atom. The Bertz CT molecular complexity index is 1020. The van der Waals surface area contributed by atoms with Crippen LogP contribution < -0.4 is 14.2 Å². The number of aromatic nitrogens is 2. The van der Waals surface area contributed by atoms with Crippen molar-refractivity contribution in [1.82, 2.24) is 9.78 Å². The summed E-state index contributed by atoms with van der Waals surface area (Å²) in [6, 6.07) is 15.1. The van der Waals surface area contributed by atoms with E-state index in [1.54, 1.807) is 30.1 Å². The number of ketones is 1. The van der Waals surface area contributed by atoms with Gasteiger partial charge in [0, 0.05) is 13.2 Å².